The smallest absolute Gasteiger partial charge is 0.338 e. The van der Waals surface area contributed by atoms with Gasteiger partial charge in [0, 0.05) is 17.0 Å². The Balaban J connectivity index is 1.11. The predicted octanol–water partition coefficient (Wildman–Crippen LogP) is 6.64. The number of esters is 1. The van der Waals surface area contributed by atoms with Crippen LogP contribution in [0, 0.1) is 6.92 Å². The SMILES string of the molecule is Cc1cc2c(NCCCc3ccc(-c4ccc5c(c4)COC5=O)cc3)nc(-c3ccoc3)nc2s1. The summed E-state index contributed by atoms with van der Waals surface area (Å²) in [6.07, 6.45) is 5.25. The summed E-state index contributed by atoms with van der Waals surface area (Å²) in [6, 6.07) is 18.5. The van der Waals surface area contributed by atoms with Gasteiger partial charge < -0.3 is 14.5 Å². The Bertz CT molecular complexity index is 1520. The molecule has 0 unspecified atom stereocenters. The molecule has 1 aliphatic rings. The summed E-state index contributed by atoms with van der Waals surface area (Å²) in [5, 5.41) is 4.58. The van der Waals surface area contributed by atoms with Gasteiger partial charge in [-0.05, 0) is 60.7 Å². The van der Waals surface area contributed by atoms with Crippen LogP contribution < -0.4 is 5.32 Å². The lowest BCUT2D eigenvalue weighted by Gasteiger charge is -2.09. The third-order valence-corrected chi connectivity index (χ3v) is 7.15. The first-order valence-corrected chi connectivity index (χ1v) is 12.4. The van der Waals surface area contributed by atoms with Gasteiger partial charge in [-0.3, -0.25) is 0 Å². The van der Waals surface area contributed by atoms with E-state index < -0.39 is 0 Å². The standard InChI is InChI=1S/C28H23N3O3S/c1-17-13-24-26(30-25(31-27(24)35-17)21-10-12-33-15-21)29-11-2-3-18-4-6-19(7-5-18)20-8-9-23-22(14-20)16-34-28(23)32/h4-10,12-15H,2-3,11,16H2,1H3,(H,29,30,31). The number of ether oxygens (including phenoxy) is 1. The van der Waals surface area contributed by atoms with E-state index in [1.54, 1.807) is 23.9 Å². The monoisotopic (exact) mass is 481 g/mol. The molecule has 0 amide bonds. The van der Waals surface area contributed by atoms with Crippen LogP contribution in [0.4, 0.5) is 5.82 Å². The van der Waals surface area contributed by atoms with Crippen LogP contribution in [-0.4, -0.2) is 22.5 Å². The number of anilines is 1. The molecule has 0 aliphatic carbocycles. The second kappa shape index (κ2) is 9.00. The van der Waals surface area contributed by atoms with E-state index in [-0.39, 0.29) is 5.97 Å². The van der Waals surface area contributed by atoms with Crippen molar-refractivity contribution in [3.05, 3.63) is 88.7 Å². The van der Waals surface area contributed by atoms with Gasteiger partial charge in [0.15, 0.2) is 5.82 Å². The number of aromatic nitrogens is 2. The minimum Gasteiger partial charge on any atom is -0.472 e. The average molecular weight is 482 g/mol. The van der Waals surface area contributed by atoms with E-state index in [9.17, 15) is 4.79 Å². The number of carbonyl (C=O) groups is 1. The van der Waals surface area contributed by atoms with E-state index in [4.69, 9.17) is 19.1 Å². The number of fused-ring (bicyclic) bond motifs is 2. The minimum atomic E-state index is -0.231. The van der Waals surface area contributed by atoms with Gasteiger partial charge in [-0.15, -0.1) is 11.3 Å². The minimum absolute atomic E-state index is 0.231. The third kappa shape index (κ3) is 4.31. The Morgan fingerprint density at radius 3 is 2.69 bits per heavy atom. The second-order valence-electron chi connectivity index (χ2n) is 8.66. The zero-order valence-corrected chi connectivity index (χ0v) is 20.0. The number of furan rings is 1. The molecule has 0 atom stereocenters. The second-order valence-corrected chi connectivity index (χ2v) is 9.89. The van der Waals surface area contributed by atoms with E-state index in [2.05, 4.69) is 42.6 Å². The van der Waals surface area contributed by atoms with Crippen molar-refractivity contribution in [2.45, 2.75) is 26.4 Å². The topological polar surface area (TPSA) is 77.2 Å². The zero-order valence-electron chi connectivity index (χ0n) is 19.2. The molecular formula is C28H23N3O3S. The molecule has 7 heteroatoms. The number of cyclic esters (lactones) is 1. The van der Waals surface area contributed by atoms with Gasteiger partial charge in [0.2, 0.25) is 0 Å². The van der Waals surface area contributed by atoms with Crippen LogP contribution in [0.5, 0.6) is 0 Å². The predicted molar refractivity (Wildman–Crippen MR) is 138 cm³/mol. The molecule has 3 aromatic heterocycles. The number of nitrogens with zero attached hydrogens (tertiary/aromatic N) is 2. The van der Waals surface area contributed by atoms with Crippen LogP contribution in [0.15, 0.2) is 71.5 Å². The lowest BCUT2D eigenvalue weighted by molar-refractivity contribution is 0.0535. The molecule has 2 aromatic carbocycles. The number of benzene rings is 2. The Morgan fingerprint density at radius 2 is 1.86 bits per heavy atom. The fourth-order valence-electron chi connectivity index (χ4n) is 4.37. The average Bonchev–Trinajstić information content (AvgIpc) is 3.62. The van der Waals surface area contributed by atoms with E-state index >= 15 is 0 Å². The number of aryl methyl sites for hydroxylation is 2. The van der Waals surface area contributed by atoms with E-state index in [0.29, 0.717) is 18.0 Å². The van der Waals surface area contributed by atoms with Crippen molar-refractivity contribution in [3.63, 3.8) is 0 Å². The third-order valence-electron chi connectivity index (χ3n) is 6.20. The molecule has 174 valence electrons. The Kier molecular flexibility index (Phi) is 5.54. The van der Waals surface area contributed by atoms with Gasteiger partial charge in [0.1, 0.15) is 23.5 Å². The molecular weight excluding hydrogens is 458 g/mol. The van der Waals surface area contributed by atoms with Gasteiger partial charge >= 0.3 is 5.97 Å². The maximum Gasteiger partial charge on any atom is 0.338 e. The number of hydrogen-bond acceptors (Lipinski definition) is 7. The summed E-state index contributed by atoms with van der Waals surface area (Å²) in [7, 11) is 0. The summed E-state index contributed by atoms with van der Waals surface area (Å²) >= 11 is 1.67. The summed E-state index contributed by atoms with van der Waals surface area (Å²) in [4.78, 5) is 23.4. The van der Waals surface area contributed by atoms with Crippen molar-refractivity contribution >= 4 is 33.3 Å². The van der Waals surface area contributed by atoms with Crippen molar-refractivity contribution in [1.82, 2.24) is 9.97 Å². The van der Waals surface area contributed by atoms with Crippen LogP contribution in [0.25, 0.3) is 32.7 Å². The molecule has 4 heterocycles. The molecule has 6 rings (SSSR count). The number of rotatable bonds is 7. The van der Waals surface area contributed by atoms with Crippen molar-refractivity contribution in [1.29, 1.82) is 0 Å². The first-order chi connectivity index (χ1) is 17.1. The van der Waals surface area contributed by atoms with Crippen LogP contribution in [0.3, 0.4) is 0 Å². The summed E-state index contributed by atoms with van der Waals surface area (Å²) in [5.41, 5.74) is 6.03. The van der Waals surface area contributed by atoms with Gasteiger partial charge in [0.25, 0.3) is 0 Å². The van der Waals surface area contributed by atoms with Gasteiger partial charge in [-0.1, -0.05) is 30.3 Å². The maximum atomic E-state index is 11.7. The Hall–Kier alpha value is -3.97. The molecule has 0 saturated heterocycles. The molecule has 1 N–H and O–H groups in total. The summed E-state index contributed by atoms with van der Waals surface area (Å²) < 4.78 is 10.3. The van der Waals surface area contributed by atoms with E-state index in [1.807, 2.05) is 24.3 Å². The van der Waals surface area contributed by atoms with Crippen molar-refractivity contribution < 1.29 is 13.9 Å². The number of nitrogens with one attached hydrogen (secondary N) is 1. The lowest BCUT2D eigenvalue weighted by atomic mass is 9.98. The van der Waals surface area contributed by atoms with Crippen LogP contribution >= 0.6 is 11.3 Å². The van der Waals surface area contributed by atoms with Crippen molar-refractivity contribution in [3.8, 4) is 22.5 Å². The molecule has 0 saturated carbocycles. The van der Waals surface area contributed by atoms with Crippen LogP contribution in [-0.2, 0) is 17.8 Å². The molecule has 0 radical (unpaired) electrons. The molecule has 1 aliphatic heterocycles. The highest BCUT2D eigenvalue weighted by Crippen LogP contribution is 2.31. The highest BCUT2D eigenvalue weighted by atomic mass is 32.1. The lowest BCUT2D eigenvalue weighted by Crippen LogP contribution is -2.06. The largest absolute Gasteiger partial charge is 0.472 e. The molecule has 0 bridgehead atoms. The summed E-state index contributed by atoms with van der Waals surface area (Å²) in [6.45, 7) is 3.26. The highest BCUT2D eigenvalue weighted by molar-refractivity contribution is 7.18. The van der Waals surface area contributed by atoms with Crippen LogP contribution in [0.2, 0.25) is 0 Å². The number of thiophene rings is 1. The zero-order chi connectivity index (χ0) is 23.8. The highest BCUT2D eigenvalue weighted by Gasteiger charge is 2.21. The van der Waals surface area contributed by atoms with Gasteiger partial charge in [0.05, 0.1) is 22.8 Å². The summed E-state index contributed by atoms with van der Waals surface area (Å²) in [5.74, 6) is 1.31. The molecule has 5 aromatic rings. The first-order valence-electron chi connectivity index (χ1n) is 11.6. The maximum absolute atomic E-state index is 11.7. The quantitative estimate of drug-likeness (QED) is 0.207. The van der Waals surface area contributed by atoms with Gasteiger partial charge in [-0.25, -0.2) is 14.8 Å². The first kappa shape index (κ1) is 21.6. The van der Waals surface area contributed by atoms with Crippen molar-refractivity contribution in [2.24, 2.45) is 0 Å². The van der Waals surface area contributed by atoms with E-state index in [1.165, 1.54) is 10.4 Å². The number of carbonyl (C=O) groups excluding carboxylic acids is 1. The molecule has 0 spiro atoms. The molecule has 35 heavy (non-hydrogen) atoms. The fraction of sp³-hybridized carbons (Fsp3) is 0.179. The Morgan fingerprint density at radius 1 is 1.00 bits per heavy atom. The normalized spacial score (nSPS) is 12.7. The Labute approximate surface area is 206 Å². The van der Waals surface area contributed by atoms with Gasteiger partial charge in [-0.2, -0.15) is 0 Å². The molecule has 6 nitrogen and oxygen atoms in total. The number of hydrogen-bond donors (Lipinski definition) is 1. The van der Waals surface area contributed by atoms with E-state index in [0.717, 1.165) is 57.7 Å². The van der Waals surface area contributed by atoms with Crippen molar-refractivity contribution in [2.75, 3.05) is 11.9 Å². The fourth-order valence-corrected chi connectivity index (χ4v) is 5.25. The van der Waals surface area contributed by atoms with Crippen LogP contribution in [0.1, 0.15) is 32.8 Å². The molecule has 0 fully saturated rings.